The quantitative estimate of drug-likeness (QED) is 0.510. The van der Waals surface area contributed by atoms with Gasteiger partial charge in [-0.2, -0.15) is 0 Å². The van der Waals surface area contributed by atoms with Crippen LogP contribution >= 0.6 is 22.9 Å². The Balaban J connectivity index is 0.00000289. The van der Waals surface area contributed by atoms with Crippen molar-refractivity contribution in [2.45, 2.75) is 19.5 Å². The number of carboxylic acids is 1. The second kappa shape index (κ2) is 11.0. The molecule has 0 saturated carbocycles. The average molecular weight is 487 g/mol. The van der Waals surface area contributed by atoms with E-state index in [4.69, 9.17) is 16.7 Å². The first-order valence-electron chi connectivity index (χ1n) is 10.1. The van der Waals surface area contributed by atoms with E-state index in [0.717, 1.165) is 36.9 Å². The molecule has 1 saturated heterocycles. The summed E-state index contributed by atoms with van der Waals surface area (Å²) in [6, 6.07) is 7.77. The van der Waals surface area contributed by atoms with Gasteiger partial charge in [0.1, 0.15) is 0 Å². The van der Waals surface area contributed by atoms with E-state index < -0.39 is 11.7 Å². The number of carbonyl (C=O) groups is 1. The van der Waals surface area contributed by atoms with E-state index in [1.807, 2.05) is 24.3 Å². The Hall–Kier alpha value is -1.62. The Morgan fingerprint density at radius 2 is 1.72 bits per heavy atom. The third-order valence-corrected chi connectivity index (χ3v) is 6.67. The molecule has 1 aliphatic heterocycles. The molecule has 0 spiro atoms. The molecule has 1 N–H and O–H groups in total. The fourth-order valence-corrected chi connectivity index (χ4v) is 4.99. The van der Waals surface area contributed by atoms with E-state index >= 15 is 0 Å². The third-order valence-electron chi connectivity index (χ3n) is 5.62. The molecule has 11 heteroatoms. The number of fused-ring (bicyclic) bond motifs is 1. The number of anilines is 1. The van der Waals surface area contributed by atoms with Crippen molar-refractivity contribution in [3.8, 4) is 0 Å². The Morgan fingerprint density at radius 3 is 2.41 bits per heavy atom. The minimum atomic E-state index is -0.982. The molecule has 32 heavy (non-hydrogen) atoms. The van der Waals surface area contributed by atoms with Gasteiger partial charge >= 0.3 is 41.2 Å². The number of halogens is 1. The Labute approximate surface area is 215 Å². The van der Waals surface area contributed by atoms with Gasteiger partial charge in [0.25, 0.3) is 5.56 Å². The van der Waals surface area contributed by atoms with E-state index in [1.54, 1.807) is 10.8 Å². The Bertz CT molecular complexity index is 1220. The zero-order valence-electron chi connectivity index (χ0n) is 16.9. The van der Waals surface area contributed by atoms with E-state index in [1.165, 1.54) is 20.5 Å². The van der Waals surface area contributed by atoms with Gasteiger partial charge in [-0.3, -0.25) is 23.6 Å². The van der Waals surface area contributed by atoms with Crippen LogP contribution in [0.5, 0.6) is 0 Å². The predicted molar refractivity (Wildman–Crippen MR) is 130 cm³/mol. The van der Waals surface area contributed by atoms with Gasteiger partial charge in [-0.15, -0.1) is 11.3 Å². The molecule has 166 valence electrons. The van der Waals surface area contributed by atoms with Gasteiger partial charge in [-0.1, -0.05) is 23.7 Å². The summed E-state index contributed by atoms with van der Waals surface area (Å²) >= 11 is 7.63. The monoisotopic (exact) mass is 486 g/mol. The number of benzene rings is 1. The number of aromatic nitrogens is 2. The summed E-state index contributed by atoms with van der Waals surface area (Å²) in [5.74, 6) is -0.982. The van der Waals surface area contributed by atoms with Crippen molar-refractivity contribution < 1.29 is 9.90 Å². The van der Waals surface area contributed by atoms with Crippen molar-refractivity contribution >= 4 is 75.1 Å². The van der Waals surface area contributed by atoms with Crippen LogP contribution in [0.4, 0.5) is 5.69 Å². The van der Waals surface area contributed by atoms with Crippen molar-refractivity contribution in [3.05, 3.63) is 60.9 Å². The summed E-state index contributed by atoms with van der Waals surface area (Å²) < 4.78 is 2.63. The first-order chi connectivity index (χ1) is 15.0. The van der Waals surface area contributed by atoms with Crippen LogP contribution in [0.2, 0.25) is 5.02 Å². The molecular weight excluding hydrogens is 463 g/mol. The van der Waals surface area contributed by atoms with Crippen LogP contribution in [0.3, 0.4) is 0 Å². The number of carboxylic acid groups (broad SMARTS) is 1. The normalized spacial score (nSPS) is 14.5. The predicted octanol–water partition coefficient (Wildman–Crippen LogP) is 1.53. The molecule has 2 aromatic heterocycles. The summed E-state index contributed by atoms with van der Waals surface area (Å²) in [6.07, 6.45) is -0.174. The second-order valence-corrected chi connectivity index (χ2v) is 8.64. The van der Waals surface area contributed by atoms with Crippen LogP contribution in [-0.4, -0.2) is 87.4 Å². The van der Waals surface area contributed by atoms with Gasteiger partial charge in [0, 0.05) is 56.6 Å². The van der Waals surface area contributed by atoms with Gasteiger partial charge in [-0.25, -0.2) is 4.79 Å². The van der Waals surface area contributed by atoms with E-state index in [9.17, 15) is 14.4 Å². The van der Waals surface area contributed by atoms with E-state index in [0.29, 0.717) is 17.4 Å². The van der Waals surface area contributed by atoms with Crippen LogP contribution < -0.4 is 16.1 Å². The zero-order chi connectivity index (χ0) is 22.0. The molecule has 0 aliphatic carbocycles. The van der Waals surface area contributed by atoms with Gasteiger partial charge < -0.3 is 10.0 Å². The Morgan fingerprint density at radius 1 is 1.00 bits per heavy atom. The zero-order valence-corrected chi connectivity index (χ0v) is 18.4. The molecule has 1 fully saturated rings. The fourth-order valence-electron chi connectivity index (χ4n) is 3.92. The molecule has 0 atom stereocenters. The summed E-state index contributed by atoms with van der Waals surface area (Å²) in [5, 5.41) is 13.6. The van der Waals surface area contributed by atoms with Crippen LogP contribution in [0.1, 0.15) is 6.42 Å². The molecule has 0 amide bonds. The number of hydrogen-bond acceptors (Lipinski definition) is 6. The van der Waals surface area contributed by atoms with Crippen molar-refractivity contribution in [1.82, 2.24) is 14.0 Å². The number of thiophene rings is 1. The molecule has 3 heterocycles. The number of piperazine rings is 1. The number of nitrogens with zero attached hydrogens (tertiary/aromatic N) is 4. The van der Waals surface area contributed by atoms with Gasteiger partial charge in [0.15, 0.2) is 0 Å². The Kier molecular flexibility index (Phi) is 8.60. The van der Waals surface area contributed by atoms with Crippen LogP contribution in [0.25, 0.3) is 10.9 Å². The summed E-state index contributed by atoms with van der Waals surface area (Å²) in [4.78, 5) is 41.3. The number of rotatable bonds is 7. The van der Waals surface area contributed by atoms with Crippen LogP contribution in [0.15, 0.2) is 44.6 Å². The second-order valence-electron chi connectivity index (χ2n) is 7.49. The molecular formula is C21H24ClN4NaO4S. The number of para-hydroxylation sites is 1. The first kappa shape index (κ1) is 25.0. The molecule has 0 bridgehead atoms. The summed E-state index contributed by atoms with van der Waals surface area (Å²) in [7, 11) is 0. The van der Waals surface area contributed by atoms with Gasteiger partial charge in [0.2, 0.25) is 0 Å². The first-order valence-corrected chi connectivity index (χ1v) is 11.4. The van der Waals surface area contributed by atoms with Crippen molar-refractivity contribution in [1.29, 1.82) is 0 Å². The van der Waals surface area contributed by atoms with Crippen molar-refractivity contribution in [2.24, 2.45) is 0 Å². The fraction of sp³-hybridized carbons (Fsp3) is 0.381. The molecule has 1 aliphatic rings. The maximum absolute atomic E-state index is 13.0. The molecule has 0 radical (unpaired) electrons. The molecule has 8 nitrogen and oxygen atoms in total. The van der Waals surface area contributed by atoms with Crippen molar-refractivity contribution in [2.75, 3.05) is 37.6 Å². The van der Waals surface area contributed by atoms with Crippen molar-refractivity contribution in [3.63, 3.8) is 0 Å². The van der Waals surface area contributed by atoms with E-state index in [2.05, 4.69) is 9.80 Å². The molecule has 3 aromatic rings. The molecule has 4 rings (SSSR count). The molecule has 0 unspecified atom stereocenters. The average Bonchev–Trinajstić information content (AvgIpc) is 3.24. The summed E-state index contributed by atoms with van der Waals surface area (Å²) in [6.45, 7) is 4.10. The SMILES string of the molecule is O=C(O)CCn1c(=O)n(CCN2CCN(c3ccccc3Cl)CC2)c(=O)c2cscc21.[NaH]. The minimum absolute atomic E-state index is 0. The number of hydrogen-bond donors (Lipinski definition) is 1. The maximum atomic E-state index is 13.0. The van der Waals surface area contributed by atoms with Gasteiger partial charge in [0.05, 0.1) is 28.0 Å². The summed E-state index contributed by atoms with van der Waals surface area (Å²) in [5.41, 5.74) is 0.754. The third kappa shape index (κ3) is 5.30. The van der Waals surface area contributed by atoms with E-state index in [-0.39, 0.29) is 54.6 Å². The molecule has 1 aromatic carbocycles. The van der Waals surface area contributed by atoms with Crippen LogP contribution in [0, 0.1) is 0 Å². The number of aryl methyl sites for hydroxylation is 1. The standard InChI is InChI=1S/C21H23ClN4O4S.Na.H/c22-16-3-1-2-4-17(16)24-10-7-23(8-11-24)9-12-26-20(29)15-13-31-14-18(15)25(21(26)30)6-5-19(27)28;;/h1-4,13-14H,5-12H2,(H,27,28);;. The van der Waals surface area contributed by atoms with Gasteiger partial charge in [-0.05, 0) is 12.1 Å². The number of aliphatic carboxylic acids is 1. The topological polar surface area (TPSA) is 87.8 Å². The van der Waals surface area contributed by atoms with Crippen LogP contribution in [-0.2, 0) is 17.9 Å².